The highest BCUT2D eigenvalue weighted by atomic mass is 16.5. The molecule has 142 valence electrons. The standard InChI is InChI=1S/C22H31NO3/c1-26-22(25)13-3-2-6-15-23(16-8-18-24)17-14-20-11-7-10-19-9-4-5-12-21(19)20/h4-5,7,9-12,24H,2-3,6,8,13-18H2,1H3. The molecule has 4 heteroatoms. The number of hydrogen-bond acceptors (Lipinski definition) is 4. The predicted molar refractivity (Wildman–Crippen MR) is 106 cm³/mol. The summed E-state index contributed by atoms with van der Waals surface area (Å²) in [6.45, 7) is 3.14. The van der Waals surface area contributed by atoms with E-state index in [1.165, 1.54) is 23.4 Å². The second-order valence-electron chi connectivity index (χ2n) is 6.69. The minimum atomic E-state index is -0.127. The summed E-state index contributed by atoms with van der Waals surface area (Å²) in [4.78, 5) is 13.6. The van der Waals surface area contributed by atoms with Crippen molar-refractivity contribution in [2.45, 2.75) is 38.5 Å². The van der Waals surface area contributed by atoms with Gasteiger partial charge >= 0.3 is 5.97 Å². The Balaban J connectivity index is 1.83. The van der Waals surface area contributed by atoms with Crippen molar-refractivity contribution in [2.24, 2.45) is 0 Å². The lowest BCUT2D eigenvalue weighted by atomic mass is 10.0. The summed E-state index contributed by atoms with van der Waals surface area (Å²) in [6, 6.07) is 15.0. The van der Waals surface area contributed by atoms with E-state index in [4.69, 9.17) is 5.11 Å². The molecule has 0 heterocycles. The summed E-state index contributed by atoms with van der Waals surface area (Å²) in [5.41, 5.74) is 1.38. The number of nitrogens with zero attached hydrogens (tertiary/aromatic N) is 1. The van der Waals surface area contributed by atoms with Gasteiger partial charge in [0, 0.05) is 26.1 Å². The van der Waals surface area contributed by atoms with Gasteiger partial charge in [-0.3, -0.25) is 4.79 Å². The first-order chi connectivity index (χ1) is 12.7. The first-order valence-electron chi connectivity index (χ1n) is 9.61. The molecule has 4 nitrogen and oxygen atoms in total. The van der Waals surface area contributed by atoms with E-state index in [1.54, 1.807) is 0 Å². The van der Waals surface area contributed by atoms with Crippen LogP contribution < -0.4 is 0 Å². The van der Waals surface area contributed by atoms with Crippen molar-refractivity contribution >= 4 is 16.7 Å². The Hall–Kier alpha value is -1.91. The highest BCUT2D eigenvalue weighted by molar-refractivity contribution is 5.85. The van der Waals surface area contributed by atoms with Crippen LogP contribution in [-0.2, 0) is 16.0 Å². The zero-order valence-corrected chi connectivity index (χ0v) is 15.8. The van der Waals surface area contributed by atoms with Gasteiger partial charge in [-0.25, -0.2) is 0 Å². The summed E-state index contributed by atoms with van der Waals surface area (Å²) >= 11 is 0. The number of ether oxygens (including phenoxy) is 1. The number of hydrogen-bond donors (Lipinski definition) is 1. The minimum Gasteiger partial charge on any atom is -0.469 e. The molecule has 2 aromatic carbocycles. The Bertz CT molecular complexity index is 666. The SMILES string of the molecule is COC(=O)CCCCCN(CCCO)CCc1cccc2ccccc12. The lowest BCUT2D eigenvalue weighted by Crippen LogP contribution is -2.29. The second kappa shape index (κ2) is 11.7. The number of esters is 1. The van der Waals surface area contributed by atoms with Gasteiger partial charge in [0.1, 0.15) is 0 Å². The zero-order chi connectivity index (χ0) is 18.6. The van der Waals surface area contributed by atoms with E-state index >= 15 is 0 Å². The average Bonchev–Trinajstić information content (AvgIpc) is 2.68. The Morgan fingerprint density at radius 3 is 2.54 bits per heavy atom. The van der Waals surface area contributed by atoms with Crippen LogP contribution in [0.2, 0.25) is 0 Å². The molecule has 0 saturated carbocycles. The van der Waals surface area contributed by atoms with E-state index in [1.807, 2.05) is 0 Å². The number of fused-ring (bicyclic) bond motifs is 1. The fourth-order valence-electron chi connectivity index (χ4n) is 3.30. The molecule has 0 aliphatic rings. The number of benzene rings is 2. The Morgan fingerprint density at radius 1 is 0.962 bits per heavy atom. The van der Waals surface area contributed by atoms with Crippen LogP contribution in [-0.4, -0.2) is 49.3 Å². The van der Waals surface area contributed by atoms with Gasteiger partial charge in [-0.1, -0.05) is 48.9 Å². The summed E-state index contributed by atoms with van der Waals surface area (Å²) < 4.78 is 4.68. The van der Waals surface area contributed by atoms with E-state index < -0.39 is 0 Å². The Morgan fingerprint density at radius 2 is 1.73 bits per heavy atom. The van der Waals surface area contributed by atoms with Crippen molar-refractivity contribution < 1.29 is 14.6 Å². The third-order valence-electron chi connectivity index (χ3n) is 4.79. The number of unbranched alkanes of at least 4 members (excludes halogenated alkanes) is 2. The van der Waals surface area contributed by atoms with Crippen molar-refractivity contribution in [2.75, 3.05) is 33.4 Å². The lowest BCUT2D eigenvalue weighted by Gasteiger charge is -2.22. The first kappa shape index (κ1) is 20.4. The fraction of sp³-hybridized carbons (Fsp3) is 0.500. The molecule has 0 spiro atoms. The molecule has 0 amide bonds. The molecule has 2 rings (SSSR count). The summed E-state index contributed by atoms with van der Waals surface area (Å²) in [5.74, 6) is -0.127. The van der Waals surface area contributed by atoms with Crippen LogP contribution in [0.4, 0.5) is 0 Å². The molecule has 0 bridgehead atoms. The van der Waals surface area contributed by atoms with E-state index in [-0.39, 0.29) is 12.6 Å². The van der Waals surface area contributed by atoms with Crippen LogP contribution >= 0.6 is 0 Å². The van der Waals surface area contributed by atoms with Gasteiger partial charge in [0.25, 0.3) is 0 Å². The largest absolute Gasteiger partial charge is 0.469 e. The number of methoxy groups -OCH3 is 1. The maximum absolute atomic E-state index is 11.2. The Labute approximate surface area is 156 Å². The van der Waals surface area contributed by atoms with Gasteiger partial charge in [0.15, 0.2) is 0 Å². The van der Waals surface area contributed by atoms with Gasteiger partial charge in [0.05, 0.1) is 7.11 Å². The first-order valence-corrected chi connectivity index (χ1v) is 9.61. The third kappa shape index (κ3) is 6.77. The van der Waals surface area contributed by atoms with Gasteiger partial charge in [-0.15, -0.1) is 0 Å². The summed E-state index contributed by atoms with van der Waals surface area (Å²) in [5, 5.41) is 11.8. The van der Waals surface area contributed by atoms with Crippen molar-refractivity contribution in [1.82, 2.24) is 4.90 Å². The van der Waals surface area contributed by atoms with Crippen molar-refractivity contribution in [1.29, 1.82) is 0 Å². The molecule has 0 fully saturated rings. The topological polar surface area (TPSA) is 49.8 Å². The van der Waals surface area contributed by atoms with Gasteiger partial charge < -0.3 is 14.7 Å². The normalized spacial score (nSPS) is 11.2. The number of aliphatic hydroxyl groups is 1. The lowest BCUT2D eigenvalue weighted by molar-refractivity contribution is -0.140. The number of carbonyl (C=O) groups is 1. The number of carbonyl (C=O) groups excluding carboxylic acids is 1. The molecule has 2 aromatic rings. The minimum absolute atomic E-state index is 0.127. The summed E-state index contributed by atoms with van der Waals surface area (Å²) in [7, 11) is 1.44. The van der Waals surface area contributed by atoms with Crippen LogP contribution in [0.25, 0.3) is 10.8 Å². The molecule has 0 unspecified atom stereocenters. The number of aliphatic hydroxyl groups excluding tert-OH is 1. The van der Waals surface area contributed by atoms with Crippen LogP contribution in [0.3, 0.4) is 0 Å². The van der Waals surface area contributed by atoms with E-state index in [9.17, 15) is 4.79 Å². The van der Waals surface area contributed by atoms with Crippen LogP contribution in [0.5, 0.6) is 0 Å². The molecule has 0 radical (unpaired) electrons. The zero-order valence-electron chi connectivity index (χ0n) is 15.8. The predicted octanol–water partition coefficient (Wildman–Crippen LogP) is 3.80. The van der Waals surface area contributed by atoms with Gasteiger partial charge in [-0.2, -0.15) is 0 Å². The smallest absolute Gasteiger partial charge is 0.305 e. The van der Waals surface area contributed by atoms with E-state index in [2.05, 4.69) is 52.1 Å². The average molecular weight is 357 g/mol. The third-order valence-corrected chi connectivity index (χ3v) is 4.79. The van der Waals surface area contributed by atoms with Crippen molar-refractivity contribution in [3.63, 3.8) is 0 Å². The summed E-state index contributed by atoms with van der Waals surface area (Å²) in [6.07, 6.45) is 5.29. The maximum Gasteiger partial charge on any atom is 0.305 e. The molecule has 0 aliphatic carbocycles. The quantitative estimate of drug-likeness (QED) is 0.464. The highest BCUT2D eigenvalue weighted by Gasteiger charge is 2.07. The van der Waals surface area contributed by atoms with Gasteiger partial charge in [0.2, 0.25) is 0 Å². The van der Waals surface area contributed by atoms with Crippen molar-refractivity contribution in [3.05, 3.63) is 48.0 Å². The van der Waals surface area contributed by atoms with Crippen LogP contribution in [0.1, 0.15) is 37.7 Å². The molecular formula is C22H31NO3. The molecule has 0 saturated heterocycles. The van der Waals surface area contributed by atoms with Gasteiger partial charge in [-0.05, 0) is 48.6 Å². The molecule has 1 N–H and O–H groups in total. The van der Waals surface area contributed by atoms with E-state index in [0.717, 1.165) is 51.7 Å². The Kier molecular flexibility index (Phi) is 9.15. The molecule has 26 heavy (non-hydrogen) atoms. The van der Waals surface area contributed by atoms with E-state index in [0.29, 0.717) is 6.42 Å². The molecule has 0 atom stereocenters. The number of rotatable bonds is 12. The van der Waals surface area contributed by atoms with Crippen molar-refractivity contribution in [3.8, 4) is 0 Å². The molecule has 0 aromatic heterocycles. The molecule has 0 aliphatic heterocycles. The second-order valence-corrected chi connectivity index (χ2v) is 6.69. The highest BCUT2D eigenvalue weighted by Crippen LogP contribution is 2.19. The monoisotopic (exact) mass is 357 g/mol. The fourth-order valence-corrected chi connectivity index (χ4v) is 3.30. The molecular weight excluding hydrogens is 326 g/mol. The van der Waals surface area contributed by atoms with Crippen LogP contribution in [0.15, 0.2) is 42.5 Å². The maximum atomic E-state index is 11.2. The van der Waals surface area contributed by atoms with Crippen LogP contribution in [0, 0.1) is 0 Å².